The van der Waals surface area contributed by atoms with Crippen LogP contribution in [0.1, 0.15) is 40.9 Å². The molecule has 2 aromatic carbocycles. The fraction of sp³-hybridized carbons (Fsp3) is 0.250. The third kappa shape index (κ3) is 1.89. The molecule has 2 N–H and O–H groups in total. The Kier molecular flexibility index (Phi) is 3.34. The van der Waals surface area contributed by atoms with Crippen molar-refractivity contribution in [1.82, 2.24) is 9.47 Å². The van der Waals surface area contributed by atoms with Crippen LogP contribution in [-0.2, 0) is 7.05 Å². The van der Waals surface area contributed by atoms with Crippen LogP contribution in [0.5, 0.6) is 0 Å². The molecule has 3 aromatic rings. The van der Waals surface area contributed by atoms with E-state index in [4.69, 9.17) is 5.73 Å². The Morgan fingerprint density at radius 2 is 1.79 bits per heavy atom. The molecule has 0 spiro atoms. The Morgan fingerprint density at radius 3 is 2.58 bits per heavy atom. The largest absolute Gasteiger partial charge is 0.385 e. The number of aromatic nitrogens is 1. The molecule has 1 atom stereocenters. The second-order valence-corrected chi connectivity index (χ2v) is 6.36. The van der Waals surface area contributed by atoms with Crippen LogP contribution in [0.25, 0.3) is 10.9 Å². The normalized spacial score (nSPS) is 16.8. The zero-order chi connectivity index (χ0) is 16.8. The molecule has 0 bridgehead atoms. The number of nitrogens with zero attached hydrogens (tertiary/aromatic N) is 2. The molecular weight excluding hydrogens is 298 g/mol. The van der Waals surface area contributed by atoms with Gasteiger partial charge in [0.25, 0.3) is 5.91 Å². The van der Waals surface area contributed by atoms with Crippen molar-refractivity contribution < 1.29 is 4.79 Å². The summed E-state index contributed by atoms with van der Waals surface area (Å²) in [7, 11) is 1.98. The summed E-state index contributed by atoms with van der Waals surface area (Å²) < 4.78 is 2.01. The summed E-state index contributed by atoms with van der Waals surface area (Å²) in [6, 6.07) is 16.0. The lowest BCUT2D eigenvalue weighted by Crippen LogP contribution is -2.29. The molecule has 2 heterocycles. The van der Waals surface area contributed by atoms with Crippen molar-refractivity contribution in [3.05, 3.63) is 65.2 Å². The molecule has 4 nitrogen and oxygen atoms in total. The third-order valence-corrected chi connectivity index (χ3v) is 4.99. The first kappa shape index (κ1) is 14.8. The van der Waals surface area contributed by atoms with E-state index in [0.717, 1.165) is 46.4 Å². The highest BCUT2D eigenvalue weighted by molar-refractivity contribution is 6.01. The van der Waals surface area contributed by atoms with Crippen molar-refractivity contribution in [1.29, 1.82) is 0 Å². The van der Waals surface area contributed by atoms with E-state index in [1.165, 1.54) is 0 Å². The van der Waals surface area contributed by atoms with Gasteiger partial charge in [0.2, 0.25) is 0 Å². The van der Waals surface area contributed by atoms with Crippen molar-refractivity contribution in [2.45, 2.75) is 19.4 Å². The highest BCUT2D eigenvalue weighted by atomic mass is 16.2. The predicted molar refractivity (Wildman–Crippen MR) is 96.9 cm³/mol. The van der Waals surface area contributed by atoms with Crippen LogP contribution in [0.15, 0.2) is 48.5 Å². The number of amides is 1. The average Bonchev–Trinajstić information content (AvgIpc) is 3.02. The molecule has 0 aliphatic carbocycles. The number of nitrogens with two attached hydrogens (primary N) is 1. The Labute approximate surface area is 141 Å². The number of benzene rings is 2. The van der Waals surface area contributed by atoms with E-state index in [9.17, 15) is 4.79 Å². The van der Waals surface area contributed by atoms with E-state index in [-0.39, 0.29) is 11.9 Å². The van der Waals surface area contributed by atoms with Crippen molar-refractivity contribution in [3.8, 4) is 0 Å². The van der Waals surface area contributed by atoms with Crippen LogP contribution in [0, 0.1) is 0 Å². The lowest BCUT2D eigenvalue weighted by atomic mass is 9.96. The quantitative estimate of drug-likeness (QED) is 0.800. The van der Waals surface area contributed by atoms with E-state index in [1.807, 2.05) is 46.8 Å². The first-order chi connectivity index (χ1) is 11.6. The first-order valence-electron chi connectivity index (χ1n) is 8.37. The van der Waals surface area contributed by atoms with Crippen LogP contribution in [-0.4, -0.2) is 21.9 Å². The Morgan fingerprint density at radius 1 is 1.08 bits per heavy atom. The summed E-state index contributed by atoms with van der Waals surface area (Å²) in [5, 5.41) is 1.12. The van der Waals surface area contributed by atoms with Crippen molar-refractivity contribution in [2.75, 3.05) is 12.3 Å². The molecule has 0 saturated heterocycles. The highest BCUT2D eigenvalue weighted by Gasteiger charge is 2.39. The van der Waals surface area contributed by atoms with Crippen LogP contribution >= 0.6 is 0 Å². The maximum atomic E-state index is 12.9. The molecule has 0 fully saturated rings. The van der Waals surface area contributed by atoms with Gasteiger partial charge in [-0.05, 0) is 24.1 Å². The second-order valence-electron chi connectivity index (χ2n) is 6.36. The standard InChI is InChI=1S/C20H21N3O/c1-3-12-23-18(13-8-4-5-9-14(13)20(23)24)17-15-10-6-7-11-16(15)22(2)19(17)21/h4-11,18H,3,12,21H2,1-2H3. The van der Waals surface area contributed by atoms with Crippen molar-refractivity contribution in [3.63, 3.8) is 0 Å². The van der Waals surface area contributed by atoms with Crippen LogP contribution in [0.4, 0.5) is 5.82 Å². The van der Waals surface area contributed by atoms with Crippen LogP contribution < -0.4 is 5.73 Å². The number of hydrogen-bond donors (Lipinski definition) is 1. The molecule has 24 heavy (non-hydrogen) atoms. The fourth-order valence-corrected chi connectivity index (χ4v) is 3.88. The smallest absolute Gasteiger partial charge is 0.255 e. The Balaban J connectivity index is 2.01. The van der Waals surface area contributed by atoms with E-state index in [0.29, 0.717) is 0 Å². The maximum absolute atomic E-state index is 12.9. The molecule has 0 radical (unpaired) electrons. The molecule has 1 unspecified atom stereocenters. The second kappa shape index (κ2) is 5.41. The number of fused-ring (bicyclic) bond motifs is 2. The molecule has 4 heteroatoms. The number of carbonyl (C=O) groups is 1. The number of rotatable bonds is 3. The van der Waals surface area contributed by atoms with Gasteiger partial charge in [-0.3, -0.25) is 4.79 Å². The van der Waals surface area contributed by atoms with Gasteiger partial charge in [-0.1, -0.05) is 43.3 Å². The number of anilines is 1. The topological polar surface area (TPSA) is 51.3 Å². The van der Waals surface area contributed by atoms with Gasteiger partial charge in [-0.15, -0.1) is 0 Å². The number of hydrogen-bond acceptors (Lipinski definition) is 2. The zero-order valence-corrected chi connectivity index (χ0v) is 14.0. The van der Waals surface area contributed by atoms with Gasteiger partial charge in [0.05, 0.1) is 6.04 Å². The van der Waals surface area contributed by atoms with Gasteiger partial charge in [-0.2, -0.15) is 0 Å². The van der Waals surface area contributed by atoms with Gasteiger partial charge in [0.15, 0.2) is 0 Å². The Hall–Kier alpha value is -2.75. The molecule has 4 rings (SSSR count). The van der Waals surface area contributed by atoms with Gasteiger partial charge < -0.3 is 15.2 Å². The summed E-state index contributed by atoms with van der Waals surface area (Å²) in [6.45, 7) is 2.82. The van der Waals surface area contributed by atoms with Crippen LogP contribution in [0.2, 0.25) is 0 Å². The van der Waals surface area contributed by atoms with Crippen LogP contribution in [0.3, 0.4) is 0 Å². The van der Waals surface area contributed by atoms with Crippen molar-refractivity contribution in [2.24, 2.45) is 7.05 Å². The van der Waals surface area contributed by atoms with Crippen molar-refractivity contribution >= 4 is 22.6 Å². The van der Waals surface area contributed by atoms with E-state index in [2.05, 4.69) is 25.1 Å². The minimum atomic E-state index is -0.111. The maximum Gasteiger partial charge on any atom is 0.255 e. The molecule has 1 aromatic heterocycles. The van der Waals surface area contributed by atoms with Gasteiger partial charge in [0, 0.05) is 35.6 Å². The number of carbonyl (C=O) groups excluding carboxylic acids is 1. The first-order valence-corrected chi connectivity index (χ1v) is 8.37. The lowest BCUT2D eigenvalue weighted by molar-refractivity contribution is 0.0751. The summed E-state index contributed by atoms with van der Waals surface area (Å²) >= 11 is 0. The SMILES string of the molecule is CCCN1C(=O)c2ccccc2C1c1c(N)n(C)c2ccccc12. The van der Waals surface area contributed by atoms with Gasteiger partial charge >= 0.3 is 0 Å². The molecule has 1 aliphatic heterocycles. The monoisotopic (exact) mass is 319 g/mol. The number of para-hydroxylation sites is 1. The lowest BCUT2D eigenvalue weighted by Gasteiger charge is -2.25. The summed E-state index contributed by atoms with van der Waals surface area (Å²) in [5.74, 6) is 0.830. The number of aryl methyl sites for hydroxylation is 1. The minimum absolute atomic E-state index is 0.102. The van der Waals surface area contributed by atoms with E-state index >= 15 is 0 Å². The average molecular weight is 319 g/mol. The fourth-order valence-electron chi connectivity index (χ4n) is 3.88. The summed E-state index contributed by atoms with van der Waals surface area (Å²) in [5.41, 5.74) is 10.5. The predicted octanol–water partition coefficient (Wildman–Crippen LogP) is 3.72. The number of nitrogen functional groups attached to an aromatic ring is 1. The molecule has 1 aliphatic rings. The summed E-state index contributed by atoms with van der Waals surface area (Å²) in [4.78, 5) is 14.9. The molecule has 122 valence electrons. The molecular formula is C20H21N3O. The Bertz CT molecular complexity index is 941. The molecule has 1 amide bonds. The van der Waals surface area contributed by atoms with Gasteiger partial charge in [-0.25, -0.2) is 0 Å². The zero-order valence-electron chi connectivity index (χ0n) is 14.0. The highest BCUT2D eigenvalue weighted by Crippen LogP contribution is 2.44. The van der Waals surface area contributed by atoms with E-state index < -0.39 is 0 Å². The third-order valence-electron chi connectivity index (χ3n) is 4.99. The van der Waals surface area contributed by atoms with E-state index in [1.54, 1.807) is 0 Å². The summed E-state index contributed by atoms with van der Waals surface area (Å²) in [6.07, 6.45) is 0.918. The minimum Gasteiger partial charge on any atom is -0.385 e. The molecule has 0 saturated carbocycles. The van der Waals surface area contributed by atoms with Gasteiger partial charge in [0.1, 0.15) is 5.82 Å².